The molecular weight excluding hydrogens is 150 g/mol. The van der Waals surface area contributed by atoms with E-state index in [1.807, 2.05) is 20.9 Å². The van der Waals surface area contributed by atoms with Crippen molar-refractivity contribution < 1.29 is 4.74 Å². The first-order valence-corrected chi connectivity index (χ1v) is 5.05. The summed E-state index contributed by atoms with van der Waals surface area (Å²) in [6.07, 6.45) is 2.46. The molecule has 1 aliphatic rings. The Bertz CT molecular complexity index is 98.0. The number of hydrogen-bond acceptors (Lipinski definition) is 2. The Balaban J connectivity index is 0.000000561. The zero-order valence-electron chi connectivity index (χ0n) is 8.94. The van der Waals surface area contributed by atoms with E-state index in [-0.39, 0.29) is 0 Å². The van der Waals surface area contributed by atoms with Gasteiger partial charge in [0, 0.05) is 18.6 Å². The molecule has 0 aromatic heterocycles. The molecule has 74 valence electrons. The van der Waals surface area contributed by atoms with Crippen LogP contribution in [0, 0.1) is 5.41 Å². The molecule has 0 spiro atoms. The highest BCUT2D eigenvalue weighted by atomic mass is 16.5. The van der Waals surface area contributed by atoms with Gasteiger partial charge in [-0.25, -0.2) is 0 Å². The van der Waals surface area contributed by atoms with Gasteiger partial charge in [-0.1, -0.05) is 20.8 Å². The minimum Gasteiger partial charge on any atom is -0.381 e. The van der Waals surface area contributed by atoms with Crippen LogP contribution in [0.5, 0.6) is 0 Å². The van der Waals surface area contributed by atoms with Gasteiger partial charge in [0.15, 0.2) is 0 Å². The summed E-state index contributed by atoms with van der Waals surface area (Å²) in [4.78, 5) is 0. The zero-order valence-corrected chi connectivity index (χ0v) is 8.94. The molecule has 1 fully saturated rings. The van der Waals surface area contributed by atoms with E-state index in [2.05, 4.69) is 12.2 Å². The van der Waals surface area contributed by atoms with Gasteiger partial charge in [0.25, 0.3) is 0 Å². The van der Waals surface area contributed by atoms with Gasteiger partial charge in [0.2, 0.25) is 0 Å². The van der Waals surface area contributed by atoms with Gasteiger partial charge >= 0.3 is 0 Å². The van der Waals surface area contributed by atoms with Crippen molar-refractivity contribution >= 4 is 0 Å². The summed E-state index contributed by atoms with van der Waals surface area (Å²) < 4.78 is 5.36. The van der Waals surface area contributed by atoms with Crippen molar-refractivity contribution in [1.29, 1.82) is 0 Å². The van der Waals surface area contributed by atoms with E-state index in [1.54, 1.807) is 0 Å². The van der Waals surface area contributed by atoms with Crippen LogP contribution in [0.3, 0.4) is 0 Å². The molecule has 0 aromatic carbocycles. The third-order valence-electron chi connectivity index (χ3n) is 2.49. The van der Waals surface area contributed by atoms with Gasteiger partial charge in [-0.3, -0.25) is 0 Å². The van der Waals surface area contributed by atoms with Crippen LogP contribution in [0.25, 0.3) is 0 Å². The SMILES string of the molecule is CC.CCC1(CNC)CCOC1. The van der Waals surface area contributed by atoms with E-state index >= 15 is 0 Å². The molecule has 1 aliphatic heterocycles. The van der Waals surface area contributed by atoms with Crippen LogP contribution in [-0.4, -0.2) is 26.8 Å². The maximum Gasteiger partial charge on any atom is 0.0535 e. The van der Waals surface area contributed by atoms with Crippen LogP contribution in [-0.2, 0) is 4.74 Å². The molecule has 2 heteroatoms. The van der Waals surface area contributed by atoms with E-state index < -0.39 is 0 Å². The standard InChI is InChI=1S/C8H17NO.C2H6/c1-3-8(6-9-2)4-5-10-7-8;1-2/h9H,3-7H2,1-2H3;1-2H3. The highest BCUT2D eigenvalue weighted by molar-refractivity contribution is 4.83. The van der Waals surface area contributed by atoms with Gasteiger partial charge in [0.1, 0.15) is 0 Å². The molecule has 2 nitrogen and oxygen atoms in total. The predicted octanol–water partition coefficient (Wildman–Crippen LogP) is 2.05. The van der Waals surface area contributed by atoms with Crippen molar-refractivity contribution in [3.63, 3.8) is 0 Å². The van der Waals surface area contributed by atoms with Gasteiger partial charge < -0.3 is 10.1 Å². The largest absolute Gasteiger partial charge is 0.381 e. The lowest BCUT2D eigenvalue weighted by molar-refractivity contribution is 0.148. The quantitative estimate of drug-likeness (QED) is 0.705. The summed E-state index contributed by atoms with van der Waals surface area (Å²) in [6, 6.07) is 0. The molecule has 1 atom stereocenters. The Kier molecular flexibility index (Phi) is 6.39. The molecule has 0 bridgehead atoms. The van der Waals surface area contributed by atoms with Crippen LogP contribution in [0.4, 0.5) is 0 Å². The molecule has 0 aliphatic carbocycles. The van der Waals surface area contributed by atoms with Crippen molar-refractivity contribution in [3.8, 4) is 0 Å². The van der Waals surface area contributed by atoms with Gasteiger partial charge in [-0.05, 0) is 19.9 Å². The molecule has 1 heterocycles. The van der Waals surface area contributed by atoms with E-state index in [0.29, 0.717) is 5.41 Å². The lowest BCUT2D eigenvalue weighted by Crippen LogP contribution is -2.32. The highest BCUT2D eigenvalue weighted by Gasteiger charge is 2.31. The number of ether oxygens (including phenoxy) is 1. The summed E-state index contributed by atoms with van der Waals surface area (Å²) in [5, 5.41) is 3.22. The smallest absolute Gasteiger partial charge is 0.0535 e. The maximum atomic E-state index is 5.36. The van der Waals surface area contributed by atoms with E-state index in [1.165, 1.54) is 12.8 Å². The molecule has 0 amide bonds. The first-order chi connectivity index (χ1) is 5.83. The topological polar surface area (TPSA) is 21.3 Å². The van der Waals surface area contributed by atoms with Crippen molar-refractivity contribution in [1.82, 2.24) is 5.32 Å². The normalized spacial score (nSPS) is 28.0. The van der Waals surface area contributed by atoms with Crippen molar-refractivity contribution in [2.75, 3.05) is 26.8 Å². The molecule has 0 saturated carbocycles. The first kappa shape index (κ1) is 11.9. The minimum atomic E-state index is 0.453. The Morgan fingerprint density at radius 1 is 1.42 bits per heavy atom. The minimum absolute atomic E-state index is 0.453. The first-order valence-electron chi connectivity index (χ1n) is 5.05. The maximum absolute atomic E-state index is 5.36. The summed E-state index contributed by atoms with van der Waals surface area (Å²) in [5.41, 5.74) is 0.453. The number of hydrogen-bond donors (Lipinski definition) is 1. The average molecular weight is 173 g/mol. The second-order valence-corrected chi connectivity index (χ2v) is 3.19. The Hall–Kier alpha value is -0.0800. The molecule has 1 rings (SSSR count). The molecule has 0 radical (unpaired) electrons. The third kappa shape index (κ3) is 3.11. The fraction of sp³-hybridized carbons (Fsp3) is 1.00. The molecular formula is C10H23NO. The van der Waals surface area contributed by atoms with Gasteiger partial charge in [-0.15, -0.1) is 0 Å². The van der Waals surface area contributed by atoms with E-state index in [9.17, 15) is 0 Å². The summed E-state index contributed by atoms with van der Waals surface area (Å²) in [6.45, 7) is 9.25. The summed E-state index contributed by atoms with van der Waals surface area (Å²) in [5.74, 6) is 0. The van der Waals surface area contributed by atoms with Crippen molar-refractivity contribution in [2.45, 2.75) is 33.6 Å². The second-order valence-electron chi connectivity index (χ2n) is 3.19. The Labute approximate surface area is 76.7 Å². The van der Waals surface area contributed by atoms with Crippen LogP contribution < -0.4 is 5.32 Å². The Morgan fingerprint density at radius 3 is 2.42 bits per heavy atom. The molecule has 1 N–H and O–H groups in total. The Morgan fingerprint density at radius 2 is 2.08 bits per heavy atom. The fourth-order valence-corrected chi connectivity index (χ4v) is 1.57. The monoisotopic (exact) mass is 173 g/mol. The molecule has 0 aromatic rings. The number of nitrogens with one attached hydrogen (secondary N) is 1. The van der Waals surface area contributed by atoms with E-state index in [4.69, 9.17) is 4.74 Å². The van der Waals surface area contributed by atoms with Crippen molar-refractivity contribution in [3.05, 3.63) is 0 Å². The van der Waals surface area contributed by atoms with Crippen LogP contribution in [0.1, 0.15) is 33.6 Å². The number of rotatable bonds is 3. The van der Waals surface area contributed by atoms with Gasteiger partial charge in [0.05, 0.1) is 6.61 Å². The van der Waals surface area contributed by atoms with E-state index in [0.717, 1.165) is 19.8 Å². The average Bonchev–Trinajstić information content (AvgIpc) is 2.58. The summed E-state index contributed by atoms with van der Waals surface area (Å²) >= 11 is 0. The van der Waals surface area contributed by atoms with Crippen LogP contribution in [0.2, 0.25) is 0 Å². The van der Waals surface area contributed by atoms with Gasteiger partial charge in [-0.2, -0.15) is 0 Å². The lowest BCUT2D eigenvalue weighted by Gasteiger charge is -2.24. The fourth-order valence-electron chi connectivity index (χ4n) is 1.57. The lowest BCUT2D eigenvalue weighted by atomic mass is 9.84. The molecule has 12 heavy (non-hydrogen) atoms. The van der Waals surface area contributed by atoms with Crippen molar-refractivity contribution in [2.24, 2.45) is 5.41 Å². The second kappa shape index (κ2) is 6.44. The highest BCUT2D eigenvalue weighted by Crippen LogP contribution is 2.30. The molecule has 1 unspecified atom stereocenters. The summed E-state index contributed by atoms with van der Waals surface area (Å²) in [7, 11) is 2.01. The predicted molar refractivity (Wildman–Crippen MR) is 53.4 cm³/mol. The van der Waals surface area contributed by atoms with Crippen LogP contribution >= 0.6 is 0 Å². The zero-order chi connectivity index (χ0) is 9.45. The third-order valence-corrected chi connectivity index (χ3v) is 2.49. The van der Waals surface area contributed by atoms with Crippen LogP contribution in [0.15, 0.2) is 0 Å². The molecule has 1 saturated heterocycles.